The molecule has 2 heteroatoms. The van der Waals surface area contributed by atoms with Crippen molar-refractivity contribution in [1.29, 1.82) is 0 Å². The standard InChI is InChI=1S/C28H31NSi/c1-18-13-19(2)15-22(14-18)27-17-25(28-20(3)9-8-10-21(28)4)24-16-23(30(5,6)7)11-12-26(24)29-27/h8-17H,1-7H3. The Bertz CT molecular complexity index is 1220. The molecule has 1 nitrogen and oxygen atoms in total. The van der Waals surface area contributed by atoms with Gasteiger partial charge in [-0.25, -0.2) is 4.98 Å². The summed E-state index contributed by atoms with van der Waals surface area (Å²) in [5, 5.41) is 2.74. The summed E-state index contributed by atoms with van der Waals surface area (Å²) in [7, 11) is -1.42. The maximum absolute atomic E-state index is 5.11. The highest BCUT2D eigenvalue weighted by atomic mass is 28.3. The number of pyridine rings is 1. The van der Waals surface area contributed by atoms with Gasteiger partial charge in [0.2, 0.25) is 0 Å². The van der Waals surface area contributed by atoms with Crippen LogP contribution in [-0.2, 0) is 0 Å². The molecule has 0 unspecified atom stereocenters. The molecule has 4 rings (SSSR count). The Kier molecular flexibility index (Phi) is 5.15. The highest BCUT2D eigenvalue weighted by molar-refractivity contribution is 6.88. The van der Waals surface area contributed by atoms with Crippen molar-refractivity contribution < 1.29 is 0 Å². The first kappa shape index (κ1) is 20.6. The highest BCUT2D eigenvalue weighted by Crippen LogP contribution is 2.36. The molecule has 3 aromatic carbocycles. The van der Waals surface area contributed by atoms with E-state index in [1.54, 1.807) is 0 Å². The van der Waals surface area contributed by atoms with Gasteiger partial charge in [0, 0.05) is 10.9 Å². The summed E-state index contributed by atoms with van der Waals surface area (Å²) in [5.74, 6) is 0. The van der Waals surface area contributed by atoms with Crippen LogP contribution in [0.25, 0.3) is 33.3 Å². The molecule has 0 amide bonds. The number of benzene rings is 3. The molecule has 0 radical (unpaired) electrons. The topological polar surface area (TPSA) is 12.9 Å². The maximum Gasteiger partial charge on any atom is 0.0776 e. The van der Waals surface area contributed by atoms with Gasteiger partial charge in [-0.1, -0.05) is 72.4 Å². The van der Waals surface area contributed by atoms with Gasteiger partial charge in [-0.2, -0.15) is 0 Å². The van der Waals surface area contributed by atoms with Crippen LogP contribution >= 0.6 is 0 Å². The number of nitrogens with zero attached hydrogens (tertiary/aromatic N) is 1. The van der Waals surface area contributed by atoms with Crippen molar-refractivity contribution in [1.82, 2.24) is 4.98 Å². The Morgan fingerprint density at radius 2 is 1.33 bits per heavy atom. The Hall–Kier alpha value is -2.71. The second kappa shape index (κ2) is 7.52. The van der Waals surface area contributed by atoms with E-state index in [9.17, 15) is 0 Å². The van der Waals surface area contributed by atoms with E-state index >= 15 is 0 Å². The highest BCUT2D eigenvalue weighted by Gasteiger charge is 2.19. The minimum Gasteiger partial charge on any atom is -0.248 e. The van der Waals surface area contributed by atoms with E-state index in [4.69, 9.17) is 4.98 Å². The average Bonchev–Trinajstić information content (AvgIpc) is 2.65. The summed E-state index contributed by atoms with van der Waals surface area (Å²) in [6, 6.07) is 22.5. The van der Waals surface area contributed by atoms with Crippen molar-refractivity contribution in [3.05, 3.63) is 82.9 Å². The number of aryl methyl sites for hydroxylation is 4. The summed E-state index contributed by atoms with van der Waals surface area (Å²) in [6.07, 6.45) is 0. The van der Waals surface area contributed by atoms with Gasteiger partial charge < -0.3 is 0 Å². The predicted octanol–water partition coefficient (Wildman–Crippen LogP) is 7.35. The molecule has 1 heterocycles. The monoisotopic (exact) mass is 409 g/mol. The van der Waals surface area contributed by atoms with Crippen LogP contribution in [0.2, 0.25) is 19.6 Å². The molecule has 0 atom stereocenters. The van der Waals surface area contributed by atoms with Gasteiger partial charge in [-0.05, 0) is 74.2 Å². The smallest absolute Gasteiger partial charge is 0.0776 e. The molecule has 0 spiro atoms. The third kappa shape index (κ3) is 3.84. The van der Waals surface area contributed by atoms with Crippen LogP contribution in [0.1, 0.15) is 22.3 Å². The zero-order valence-corrected chi connectivity index (χ0v) is 20.2. The van der Waals surface area contributed by atoms with Crippen molar-refractivity contribution in [2.45, 2.75) is 47.3 Å². The van der Waals surface area contributed by atoms with E-state index < -0.39 is 8.07 Å². The van der Waals surface area contributed by atoms with Gasteiger partial charge >= 0.3 is 0 Å². The van der Waals surface area contributed by atoms with Crippen LogP contribution in [0.4, 0.5) is 0 Å². The third-order valence-corrected chi connectivity index (χ3v) is 7.99. The summed E-state index contributed by atoms with van der Waals surface area (Å²) < 4.78 is 0. The molecule has 0 bridgehead atoms. The lowest BCUT2D eigenvalue weighted by molar-refractivity contribution is 1.33. The van der Waals surface area contributed by atoms with Crippen LogP contribution in [0.15, 0.2) is 60.7 Å². The first-order valence-electron chi connectivity index (χ1n) is 10.7. The Morgan fingerprint density at radius 3 is 1.93 bits per heavy atom. The lowest BCUT2D eigenvalue weighted by atomic mass is 9.91. The predicted molar refractivity (Wildman–Crippen MR) is 135 cm³/mol. The quantitative estimate of drug-likeness (QED) is 0.322. The summed E-state index contributed by atoms with van der Waals surface area (Å²) in [4.78, 5) is 5.11. The van der Waals surface area contributed by atoms with E-state index in [0.29, 0.717) is 0 Å². The van der Waals surface area contributed by atoms with E-state index in [-0.39, 0.29) is 0 Å². The van der Waals surface area contributed by atoms with Crippen LogP contribution in [0.5, 0.6) is 0 Å². The van der Waals surface area contributed by atoms with Crippen molar-refractivity contribution in [3.8, 4) is 22.4 Å². The van der Waals surface area contributed by atoms with Crippen molar-refractivity contribution in [2.24, 2.45) is 0 Å². The molecule has 0 N–H and O–H groups in total. The first-order chi connectivity index (χ1) is 14.1. The first-order valence-corrected chi connectivity index (χ1v) is 14.2. The van der Waals surface area contributed by atoms with Gasteiger partial charge in [0.15, 0.2) is 0 Å². The lowest BCUT2D eigenvalue weighted by Crippen LogP contribution is -2.37. The molecule has 0 aliphatic carbocycles. The fraction of sp³-hybridized carbons (Fsp3) is 0.250. The molecule has 0 aliphatic rings. The average molecular weight is 410 g/mol. The molecule has 30 heavy (non-hydrogen) atoms. The van der Waals surface area contributed by atoms with Crippen LogP contribution in [-0.4, -0.2) is 13.1 Å². The fourth-order valence-electron chi connectivity index (χ4n) is 4.41. The summed E-state index contributed by atoms with van der Waals surface area (Å²) in [6.45, 7) is 16.0. The number of aromatic nitrogens is 1. The minimum absolute atomic E-state index is 1.05. The second-order valence-corrected chi connectivity index (χ2v) is 14.8. The van der Waals surface area contributed by atoms with E-state index in [0.717, 1.165) is 11.2 Å². The van der Waals surface area contributed by atoms with E-state index in [2.05, 4.69) is 108 Å². The Labute approximate surface area is 181 Å². The van der Waals surface area contributed by atoms with Crippen LogP contribution in [0.3, 0.4) is 0 Å². The molecular weight excluding hydrogens is 378 g/mol. The largest absolute Gasteiger partial charge is 0.248 e. The SMILES string of the molecule is Cc1cc(C)cc(-c2cc(-c3c(C)cccc3C)c3cc([Si](C)(C)C)ccc3n2)c1. The molecule has 152 valence electrons. The lowest BCUT2D eigenvalue weighted by Gasteiger charge is -2.20. The molecule has 1 aromatic heterocycles. The third-order valence-electron chi connectivity index (χ3n) is 5.94. The van der Waals surface area contributed by atoms with Crippen molar-refractivity contribution in [3.63, 3.8) is 0 Å². The second-order valence-electron chi connectivity index (χ2n) is 9.68. The number of hydrogen-bond donors (Lipinski definition) is 0. The molecule has 0 saturated heterocycles. The van der Waals surface area contributed by atoms with Crippen LogP contribution < -0.4 is 5.19 Å². The van der Waals surface area contributed by atoms with Gasteiger partial charge in [0.1, 0.15) is 0 Å². The molecular formula is C28H31NSi. The van der Waals surface area contributed by atoms with Crippen molar-refractivity contribution in [2.75, 3.05) is 0 Å². The van der Waals surface area contributed by atoms with Gasteiger partial charge in [-0.15, -0.1) is 0 Å². The fourth-order valence-corrected chi connectivity index (χ4v) is 5.57. The van der Waals surface area contributed by atoms with Crippen molar-refractivity contribution >= 4 is 24.2 Å². The van der Waals surface area contributed by atoms with Gasteiger partial charge in [-0.3, -0.25) is 0 Å². The summed E-state index contributed by atoms with van der Waals surface area (Å²) >= 11 is 0. The normalized spacial score (nSPS) is 11.8. The number of rotatable bonds is 3. The van der Waals surface area contributed by atoms with Gasteiger partial charge in [0.25, 0.3) is 0 Å². The minimum atomic E-state index is -1.42. The molecule has 4 aromatic rings. The van der Waals surface area contributed by atoms with E-state index in [1.807, 2.05) is 0 Å². The molecule has 0 fully saturated rings. The maximum atomic E-state index is 5.11. The zero-order valence-electron chi connectivity index (χ0n) is 19.2. The number of hydrogen-bond acceptors (Lipinski definition) is 1. The molecule has 0 saturated carbocycles. The molecule has 0 aliphatic heterocycles. The van der Waals surface area contributed by atoms with Crippen LogP contribution in [0, 0.1) is 27.7 Å². The zero-order chi connectivity index (χ0) is 21.6. The number of fused-ring (bicyclic) bond motifs is 1. The summed E-state index contributed by atoms with van der Waals surface area (Å²) in [5.41, 5.74) is 11.1. The van der Waals surface area contributed by atoms with E-state index in [1.165, 1.54) is 49.5 Å². The Morgan fingerprint density at radius 1 is 0.700 bits per heavy atom. The Balaban J connectivity index is 2.09. The van der Waals surface area contributed by atoms with Gasteiger partial charge in [0.05, 0.1) is 19.3 Å².